The zero-order valence-corrected chi connectivity index (χ0v) is 15.9. The van der Waals surface area contributed by atoms with Gasteiger partial charge >= 0.3 is 12.1 Å². The molecular formula is C17H26N6O3. The smallest absolute Gasteiger partial charge is 0.410 e. The number of hydrogen-bond donors (Lipinski definition) is 1. The first-order valence-corrected chi connectivity index (χ1v) is 8.48. The molecule has 0 aliphatic carbocycles. The molecule has 1 saturated heterocycles. The van der Waals surface area contributed by atoms with Crippen molar-refractivity contribution >= 4 is 18.1 Å². The summed E-state index contributed by atoms with van der Waals surface area (Å²) >= 11 is 0. The summed E-state index contributed by atoms with van der Waals surface area (Å²) in [6.07, 6.45) is 6.41. The lowest BCUT2D eigenvalue weighted by molar-refractivity contribution is 0.0218. The molecule has 1 aromatic heterocycles. The molecule has 0 saturated carbocycles. The van der Waals surface area contributed by atoms with E-state index in [-0.39, 0.29) is 24.7 Å². The van der Waals surface area contributed by atoms with Crippen molar-refractivity contribution in [3.63, 3.8) is 0 Å². The summed E-state index contributed by atoms with van der Waals surface area (Å²) in [5.41, 5.74) is -0.567. The van der Waals surface area contributed by atoms with Crippen LogP contribution in [0.5, 0.6) is 0 Å². The second-order valence-corrected chi connectivity index (χ2v) is 7.24. The van der Waals surface area contributed by atoms with Crippen molar-refractivity contribution in [2.24, 2.45) is 7.05 Å². The van der Waals surface area contributed by atoms with Gasteiger partial charge in [0.05, 0.1) is 12.6 Å². The van der Waals surface area contributed by atoms with Crippen LogP contribution in [0.4, 0.5) is 15.5 Å². The van der Waals surface area contributed by atoms with Crippen molar-refractivity contribution < 1.29 is 14.3 Å². The van der Waals surface area contributed by atoms with E-state index in [1.807, 2.05) is 20.8 Å². The Bertz CT molecular complexity index is 715. The molecule has 9 nitrogen and oxygen atoms in total. The molecule has 142 valence electrons. The van der Waals surface area contributed by atoms with E-state index in [0.29, 0.717) is 18.3 Å². The molecule has 2 heterocycles. The van der Waals surface area contributed by atoms with Gasteiger partial charge in [-0.2, -0.15) is 10.1 Å². The molecule has 0 aromatic carbocycles. The Hall–Kier alpha value is -2.76. The molecule has 3 amide bonds. The summed E-state index contributed by atoms with van der Waals surface area (Å²) < 4.78 is 6.94. The van der Waals surface area contributed by atoms with E-state index in [4.69, 9.17) is 11.2 Å². The maximum Gasteiger partial charge on any atom is 0.410 e. The van der Waals surface area contributed by atoms with Gasteiger partial charge in [-0.1, -0.05) is 5.92 Å². The van der Waals surface area contributed by atoms with Gasteiger partial charge < -0.3 is 9.64 Å². The summed E-state index contributed by atoms with van der Waals surface area (Å²) in [5, 5.41) is 7.03. The molecule has 26 heavy (non-hydrogen) atoms. The number of likely N-dealkylation sites (tertiary alicyclic amines) is 1. The summed E-state index contributed by atoms with van der Waals surface area (Å²) in [6.45, 7) is 6.26. The molecule has 0 unspecified atom stereocenters. The molecule has 1 N–H and O–H groups in total. The number of hydrogen-bond acceptors (Lipinski definition) is 5. The highest BCUT2D eigenvalue weighted by atomic mass is 16.6. The minimum absolute atomic E-state index is 0.186. The minimum atomic E-state index is -0.567. The summed E-state index contributed by atoms with van der Waals surface area (Å²) in [7, 11) is 3.27. The predicted octanol–water partition coefficient (Wildman–Crippen LogP) is 1.98. The number of amides is 3. The molecule has 0 bridgehead atoms. The third-order valence-electron chi connectivity index (χ3n) is 3.85. The Labute approximate surface area is 153 Å². The van der Waals surface area contributed by atoms with Crippen molar-refractivity contribution in [3.05, 3.63) is 5.82 Å². The van der Waals surface area contributed by atoms with Gasteiger partial charge in [0, 0.05) is 20.6 Å². The minimum Gasteiger partial charge on any atom is -0.444 e. The second kappa shape index (κ2) is 7.64. The van der Waals surface area contributed by atoms with Gasteiger partial charge in [0.15, 0.2) is 5.82 Å². The van der Waals surface area contributed by atoms with Gasteiger partial charge in [0.25, 0.3) is 0 Å². The highest BCUT2D eigenvalue weighted by Crippen LogP contribution is 2.32. The standard InChI is InChI=1S/C17H26N6O3/c1-7-10-21(5)15(24)19-14-18-13(20-22(14)6)12-9-8-11-23(12)16(25)26-17(2,3)4/h1,12H,8-11H2,2-6H3,(H,18,19,20,24)/t12-/m0/s1. The first-order valence-electron chi connectivity index (χ1n) is 8.48. The number of terminal acetylenes is 1. The summed E-state index contributed by atoms with van der Waals surface area (Å²) in [6, 6.07) is -0.648. The quantitative estimate of drug-likeness (QED) is 0.830. The number of rotatable bonds is 3. The molecule has 2 rings (SSSR count). The summed E-state index contributed by atoms with van der Waals surface area (Å²) in [5.74, 6) is 3.17. The predicted molar refractivity (Wildman–Crippen MR) is 96.4 cm³/mol. The van der Waals surface area contributed by atoms with E-state index in [2.05, 4.69) is 21.3 Å². The monoisotopic (exact) mass is 362 g/mol. The molecule has 0 radical (unpaired) electrons. The van der Waals surface area contributed by atoms with E-state index in [0.717, 1.165) is 12.8 Å². The van der Waals surface area contributed by atoms with Gasteiger partial charge in [0.2, 0.25) is 5.95 Å². The lowest BCUT2D eigenvalue weighted by Gasteiger charge is -2.27. The van der Waals surface area contributed by atoms with Crippen molar-refractivity contribution in [1.82, 2.24) is 24.6 Å². The number of aryl methyl sites for hydroxylation is 1. The van der Waals surface area contributed by atoms with Gasteiger partial charge in [0.1, 0.15) is 5.60 Å². The normalized spacial score (nSPS) is 16.9. The van der Waals surface area contributed by atoms with Crippen LogP contribution in [0.1, 0.15) is 45.5 Å². The van der Waals surface area contributed by atoms with Crippen LogP contribution in [0.2, 0.25) is 0 Å². The molecule has 1 aliphatic heterocycles. The number of carbonyl (C=O) groups is 2. The topological polar surface area (TPSA) is 92.6 Å². The average molecular weight is 362 g/mol. The van der Waals surface area contributed by atoms with Crippen LogP contribution in [0.15, 0.2) is 0 Å². The van der Waals surface area contributed by atoms with E-state index in [1.54, 1.807) is 19.0 Å². The summed E-state index contributed by atoms with van der Waals surface area (Å²) in [4.78, 5) is 31.9. The Morgan fingerprint density at radius 2 is 2.15 bits per heavy atom. The van der Waals surface area contributed by atoms with E-state index < -0.39 is 5.60 Å². The molecule has 9 heteroatoms. The van der Waals surface area contributed by atoms with Crippen molar-refractivity contribution in [3.8, 4) is 12.3 Å². The molecule has 1 aromatic rings. The average Bonchev–Trinajstić information content (AvgIpc) is 3.13. The van der Waals surface area contributed by atoms with Crippen LogP contribution in [0, 0.1) is 12.3 Å². The van der Waals surface area contributed by atoms with E-state index in [9.17, 15) is 9.59 Å². The van der Waals surface area contributed by atoms with Crippen LogP contribution in [-0.4, -0.2) is 62.4 Å². The molecule has 1 aliphatic rings. The molecule has 0 spiro atoms. The third kappa shape index (κ3) is 4.65. The Morgan fingerprint density at radius 3 is 2.77 bits per heavy atom. The van der Waals surface area contributed by atoms with Gasteiger partial charge in [-0.25, -0.2) is 14.3 Å². The van der Waals surface area contributed by atoms with Crippen LogP contribution in [0.3, 0.4) is 0 Å². The van der Waals surface area contributed by atoms with Crippen molar-refractivity contribution in [1.29, 1.82) is 0 Å². The van der Waals surface area contributed by atoms with Crippen LogP contribution >= 0.6 is 0 Å². The first-order chi connectivity index (χ1) is 12.1. The fourth-order valence-corrected chi connectivity index (χ4v) is 2.63. The highest BCUT2D eigenvalue weighted by molar-refractivity contribution is 5.87. The molecular weight excluding hydrogens is 336 g/mol. The Kier molecular flexibility index (Phi) is 5.75. The number of carbonyl (C=O) groups excluding carboxylic acids is 2. The number of urea groups is 1. The SMILES string of the molecule is C#CCN(C)C(=O)Nc1nc([C@@H]2CCCN2C(=O)OC(C)(C)C)nn1C. The molecule has 1 atom stereocenters. The number of anilines is 1. The number of aromatic nitrogens is 3. The zero-order chi connectivity index (χ0) is 19.5. The van der Waals surface area contributed by atoms with Gasteiger partial charge in [-0.15, -0.1) is 6.42 Å². The Morgan fingerprint density at radius 1 is 1.46 bits per heavy atom. The van der Waals surface area contributed by atoms with Gasteiger partial charge in [-0.3, -0.25) is 10.2 Å². The largest absolute Gasteiger partial charge is 0.444 e. The highest BCUT2D eigenvalue weighted by Gasteiger charge is 2.36. The fraction of sp³-hybridized carbons (Fsp3) is 0.647. The van der Waals surface area contributed by atoms with Crippen LogP contribution < -0.4 is 5.32 Å². The number of nitrogens with one attached hydrogen (secondary N) is 1. The third-order valence-corrected chi connectivity index (χ3v) is 3.85. The Balaban J connectivity index is 2.13. The lowest BCUT2D eigenvalue weighted by Crippen LogP contribution is -2.36. The van der Waals surface area contributed by atoms with Crippen molar-refractivity contribution in [2.45, 2.75) is 45.3 Å². The number of nitrogens with zero attached hydrogens (tertiary/aromatic N) is 5. The maximum atomic E-state index is 12.4. The zero-order valence-electron chi connectivity index (χ0n) is 15.9. The lowest BCUT2D eigenvalue weighted by atomic mass is 10.2. The molecule has 1 fully saturated rings. The van der Waals surface area contributed by atoms with Gasteiger partial charge in [-0.05, 0) is 33.6 Å². The van der Waals surface area contributed by atoms with Crippen molar-refractivity contribution in [2.75, 3.05) is 25.5 Å². The van der Waals surface area contributed by atoms with E-state index >= 15 is 0 Å². The fourth-order valence-electron chi connectivity index (χ4n) is 2.63. The second-order valence-electron chi connectivity index (χ2n) is 7.24. The maximum absolute atomic E-state index is 12.4. The van der Waals surface area contributed by atoms with Crippen LogP contribution in [0.25, 0.3) is 0 Å². The first kappa shape index (κ1) is 19.6. The van der Waals surface area contributed by atoms with Crippen LogP contribution in [-0.2, 0) is 11.8 Å². The number of ether oxygens (including phenoxy) is 1. The van der Waals surface area contributed by atoms with E-state index in [1.165, 1.54) is 9.58 Å².